The molecule has 15 heavy (non-hydrogen) atoms. The van der Waals surface area contributed by atoms with E-state index in [1.807, 2.05) is 0 Å². The monoisotopic (exact) mass is 211 g/mol. The Morgan fingerprint density at radius 1 is 1.13 bits per heavy atom. The lowest BCUT2D eigenvalue weighted by Crippen LogP contribution is -2.57. The molecule has 3 nitrogen and oxygen atoms in total. The van der Waals surface area contributed by atoms with Crippen molar-refractivity contribution in [2.24, 2.45) is 5.92 Å². The molecule has 2 rings (SSSR count). The van der Waals surface area contributed by atoms with Crippen molar-refractivity contribution in [1.29, 1.82) is 0 Å². The molecule has 2 saturated heterocycles. The maximum Gasteiger partial charge on any atom is 0.0218 e. The van der Waals surface area contributed by atoms with Crippen molar-refractivity contribution in [2.75, 3.05) is 32.7 Å². The molecular weight excluding hydrogens is 186 g/mol. The molecule has 3 heteroatoms. The Morgan fingerprint density at radius 3 is 2.53 bits per heavy atom. The molecule has 1 unspecified atom stereocenters. The van der Waals surface area contributed by atoms with Crippen LogP contribution in [0.5, 0.6) is 0 Å². The molecule has 0 aromatic carbocycles. The van der Waals surface area contributed by atoms with Crippen LogP contribution in [0.4, 0.5) is 0 Å². The summed E-state index contributed by atoms with van der Waals surface area (Å²) in [7, 11) is 0. The fraction of sp³-hybridized carbons (Fsp3) is 1.00. The van der Waals surface area contributed by atoms with E-state index < -0.39 is 0 Å². The Kier molecular flexibility index (Phi) is 4.00. The SMILES string of the molecule is CC(C)C1CN(C2CCNCC2)CCN1. The largest absolute Gasteiger partial charge is 0.317 e. The standard InChI is InChI=1S/C12H25N3/c1-10(2)12-9-15(8-7-14-12)11-3-5-13-6-4-11/h10-14H,3-9H2,1-2H3. The molecule has 2 aliphatic heterocycles. The van der Waals surface area contributed by atoms with Gasteiger partial charge in [-0.2, -0.15) is 0 Å². The van der Waals surface area contributed by atoms with Gasteiger partial charge in [-0.15, -0.1) is 0 Å². The molecule has 0 saturated carbocycles. The summed E-state index contributed by atoms with van der Waals surface area (Å²) in [6, 6.07) is 1.54. The van der Waals surface area contributed by atoms with Crippen molar-refractivity contribution in [3.8, 4) is 0 Å². The Hall–Kier alpha value is -0.120. The van der Waals surface area contributed by atoms with Crippen LogP contribution in [0, 0.1) is 5.92 Å². The molecule has 2 N–H and O–H groups in total. The van der Waals surface area contributed by atoms with Crippen molar-refractivity contribution in [3.63, 3.8) is 0 Å². The van der Waals surface area contributed by atoms with Crippen LogP contribution in [-0.2, 0) is 0 Å². The summed E-state index contributed by atoms with van der Waals surface area (Å²) in [5, 5.41) is 7.08. The molecule has 0 amide bonds. The smallest absolute Gasteiger partial charge is 0.0218 e. The molecule has 2 fully saturated rings. The zero-order valence-electron chi connectivity index (χ0n) is 10.1. The Bertz CT molecular complexity index is 187. The number of nitrogens with one attached hydrogen (secondary N) is 2. The Morgan fingerprint density at radius 2 is 1.87 bits per heavy atom. The third-order valence-electron chi connectivity index (χ3n) is 3.87. The summed E-state index contributed by atoms with van der Waals surface area (Å²) in [6.45, 7) is 10.7. The van der Waals surface area contributed by atoms with Gasteiger partial charge in [0, 0.05) is 31.7 Å². The van der Waals surface area contributed by atoms with E-state index in [2.05, 4.69) is 29.4 Å². The van der Waals surface area contributed by atoms with Crippen LogP contribution in [0.1, 0.15) is 26.7 Å². The molecule has 0 bridgehead atoms. The zero-order valence-corrected chi connectivity index (χ0v) is 10.1. The minimum atomic E-state index is 0.702. The van der Waals surface area contributed by atoms with Crippen molar-refractivity contribution in [3.05, 3.63) is 0 Å². The fourth-order valence-corrected chi connectivity index (χ4v) is 2.75. The topological polar surface area (TPSA) is 27.3 Å². The van der Waals surface area contributed by atoms with E-state index in [9.17, 15) is 0 Å². The van der Waals surface area contributed by atoms with Crippen LogP contribution in [0.15, 0.2) is 0 Å². The highest BCUT2D eigenvalue weighted by molar-refractivity contribution is 4.86. The number of piperazine rings is 1. The van der Waals surface area contributed by atoms with Gasteiger partial charge in [0.05, 0.1) is 0 Å². The first kappa shape index (κ1) is 11.4. The normalized spacial score (nSPS) is 31.0. The van der Waals surface area contributed by atoms with Gasteiger partial charge in [-0.1, -0.05) is 13.8 Å². The van der Waals surface area contributed by atoms with E-state index in [1.54, 1.807) is 0 Å². The molecule has 0 aromatic rings. The summed E-state index contributed by atoms with van der Waals surface area (Å²) < 4.78 is 0. The molecule has 88 valence electrons. The first-order valence-electron chi connectivity index (χ1n) is 6.45. The highest BCUT2D eigenvalue weighted by Gasteiger charge is 2.27. The van der Waals surface area contributed by atoms with Crippen LogP contribution < -0.4 is 10.6 Å². The number of hydrogen-bond donors (Lipinski definition) is 2. The second kappa shape index (κ2) is 5.28. The number of hydrogen-bond acceptors (Lipinski definition) is 3. The summed E-state index contributed by atoms with van der Waals surface area (Å²) in [5.74, 6) is 0.759. The molecule has 0 aliphatic carbocycles. The van der Waals surface area contributed by atoms with Gasteiger partial charge in [0.15, 0.2) is 0 Å². The molecular formula is C12H25N3. The second-order valence-corrected chi connectivity index (χ2v) is 5.28. The van der Waals surface area contributed by atoms with Gasteiger partial charge < -0.3 is 10.6 Å². The summed E-state index contributed by atoms with van der Waals surface area (Å²) in [6.07, 6.45) is 2.68. The number of rotatable bonds is 2. The Labute approximate surface area is 93.6 Å². The van der Waals surface area contributed by atoms with Crippen LogP contribution in [0.25, 0.3) is 0 Å². The predicted molar refractivity (Wildman–Crippen MR) is 64.1 cm³/mol. The molecule has 0 aromatic heterocycles. The predicted octanol–water partition coefficient (Wildman–Crippen LogP) is 0.668. The fourth-order valence-electron chi connectivity index (χ4n) is 2.75. The van der Waals surface area contributed by atoms with Crippen molar-refractivity contribution in [1.82, 2.24) is 15.5 Å². The van der Waals surface area contributed by atoms with E-state index in [1.165, 1.54) is 45.6 Å². The van der Waals surface area contributed by atoms with Crippen molar-refractivity contribution in [2.45, 2.75) is 38.8 Å². The van der Waals surface area contributed by atoms with Crippen LogP contribution in [0.2, 0.25) is 0 Å². The van der Waals surface area contributed by atoms with Crippen LogP contribution in [-0.4, -0.2) is 49.7 Å². The highest BCUT2D eigenvalue weighted by atomic mass is 15.2. The molecule has 1 atom stereocenters. The maximum absolute atomic E-state index is 3.63. The zero-order chi connectivity index (χ0) is 10.7. The second-order valence-electron chi connectivity index (χ2n) is 5.28. The van der Waals surface area contributed by atoms with Gasteiger partial charge in [0.1, 0.15) is 0 Å². The first-order chi connectivity index (χ1) is 7.27. The summed E-state index contributed by atoms with van der Waals surface area (Å²) >= 11 is 0. The minimum absolute atomic E-state index is 0.702. The maximum atomic E-state index is 3.63. The summed E-state index contributed by atoms with van der Waals surface area (Å²) in [4.78, 5) is 2.71. The van der Waals surface area contributed by atoms with E-state index in [4.69, 9.17) is 0 Å². The van der Waals surface area contributed by atoms with Gasteiger partial charge in [-0.25, -0.2) is 0 Å². The van der Waals surface area contributed by atoms with Gasteiger partial charge in [0.25, 0.3) is 0 Å². The lowest BCUT2D eigenvalue weighted by Gasteiger charge is -2.41. The lowest BCUT2D eigenvalue weighted by molar-refractivity contribution is 0.107. The third kappa shape index (κ3) is 2.92. The average Bonchev–Trinajstić information content (AvgIpc) is 2.30. The average molecular weight is 211 g/mol. The van der Waals surface area contributed by atoms with Crippen molar-refractivity contribution >= 4 is 0 Å². The van der Waals surface area contributed by atoms with E-state index in [-0.39, 0.29) is 0 Å². The van der Waals surface area contributed by atoms with E-state index >= 15 is 0 Å². The quantitative estimate of drug-likeness (QED) is 0.703. The minimum Gasteiger partial charge on any atom is -0.317 e. The van der Waals surface area contributed by atoms with Gasteiger partial charge in [-0.05, 0) is 31.8 Å². The molecule has 2 heterocycles. The van der Waals surface area contributed by atoms with Gasteiger partial charge in [0.2, 0.25) is 0 Å². The molecule has 0 radical (unpaired) electrons. The summed E-state index contributed by atoms with van der Waals surface area (Å²) in [5.41, 5.74) is 0. The number of piperidine rings is 1. The van der Waals surface area contributed by atoms with Gasteiger partial charge >= 0.3 is 0 Å². The molecule has 2 aliphatic rings. The molecule has 0 spiro atoms. The first-order valence-corrected chi connectivity index (χ1v) is 6.45. The van der Waals surface area contributed by atoms with Gasteiger partial charge in [-0.3, -0.25) is 4.90 Å². The van der Waals surface area contributed by atoms with Crippen molar-refractivity contribution < 1.29 is 0 Å². The van der Waals surface area contributed by atoms with E-state index in [0.29, 0.717) is 6.04 Å². The third-order valence-corrected chi connectivity index (χ3v) is 3.87. The van der Waals surface area contributed by atoms with E-state index in [0.717, 1.165) is 12.0 Å². The van der Waals surface area contributed by atoms with Crippen LogP contribution in [0.3, 0.4) is 0 Å². The Balaban J connectivity index is 1.85. The number of nitrogens with zero attached hydrogens (tertiary/aromatic N) is 1. The highest BCUT2D eigenvalue weighted by Crippen LogP contribution is 2.16. The van der Waals surface area contributed by atoms with Crippen LogP contribution >= 0.6 is 0 Å². The lowest BCUT2D eigenvalue weighted by atomic mass is 9.98.